The van der Waals surface area contributed by atoms with Crippen LogP contribution in [0.2, 0.25) is 0 Å². The van der Waals surface area contributed by atoms with Gasteiger partial charge in [-0.05, 0) is 54.4 Å². The van der Waals surface area contributed by atoms with Crippen molar-refractivity contribution in [2.75, 3.05) is 5.32 Å². The Labute approximate surface area is 208 Å². The van der Waals surface area contributed by atoms with Crippen LogP contribution in [0.1, 0.15) is 11.1 Å². The Kier molecular flexibility index (Phi) is 6.41. The third-order valence-electron chi connectivity index (χ3n) is 5.73. The number of benzene rings is 3. The topological polar surface area (TPSA) is 96.9 Å². The first-order chi connectivity index (χ1) is 17.4. The quantitative estimate of drug-likeness (QED) is 0.313. The van der Waals surface area contributed by atoms with Gasteiger partial charge in [0.1, 0.15) is 11.5 Å². The summed E-state index contributed by atoms with van der Waals surface area (Å²) in [5, 5.41) is 13.6. The van der Waals surface area contributed by atoms with Crippen molar-refractivity contribution in [1.29, 1.82) is 0 Å². The van der Waals surface area contributed by atoms with Gasteiger partial charge in [-0.3, -0.25) is 4.98 Å². The maximum absolute atomic E-state index is 13.3. The first kappa shape index (κ1) is 23.5. The number of pyridine rings is 1. The molecule has 0 unspecified atom stereocenters. The lowest BCUT2D eigenvalue weighted by molar-refractivity contribution is 0.580. The highest BCUT2D eigenvalue weighted by Gasteiger charge is 2.19. The molecule has 0 saturated heterocycles. The van der Waals surface area contributed by atoms with E-state index in [0.717, 1.165) is 16.3 Å². The van der Waals surface area contributed by atoms with Crippen molar-refractivity contribution in [2.45, 2.75) is 18.4 Å². The summed E-state index contributed by atoms with van der Waals surface area (Å²) < 4.78 is 42.2. The standard InChI is InChI=1S/C27H22FN5O2S/c1-18-8-9-20(15-25(18)36(34,35)30-17-19-5-4-14-29-16-19)26-23-6-2-3-7-24(23)27(33-32-26)31-22-12-10-21(28)11-13-22/h2-16,30H,17H2,1H3,(H,31,33). The van der Waals surface area contributed by atoms with Crippen molar-refractivity contribution >= 4 is 32.3 Å². The van der Waals surface area contributed by atoms with Crippen LogP contribution in [0.15, 0.2) is 96.2 Å². The predicted molar refractivity (Wildman–Crippen MR) is 138 cm³/mol. The Morgan fingerprint density at radius 3 is 2.42 bits per heavy atom. The van der Waals surface area contributed by atoms with E-state index in [-0.39, 0.29) is 17.3 Å². The molecule has 0 spiro atoms. The zero-order valence-corrected chi connectivity index (χ0v) is 20.1. The van der Waals surface area contributed by atoms with Crippen molar-refractivity contribution < 1.29 is 12.8 Å². The van der Waals surface area contributed by atoms with Crippen LogP contribution in [0.3, 0.4) is 0 Å². The van der Waals surface area contributed by atoms with E-state index in [2.05, 4.69) is 25.2 Å². The van der Waals surface area contributed by atoms with Crippen LogP contribution >= 0.6 is 0 Å². The van der Waals surface area contributed by atoms with Gasteiger partial charge < -0.3 is 5.32 Å². The molecule has 0 amide bonds. The number of rotatable bonds is 7. The molecule has 0 aliphatic heterocycles. The van der Waals surface area contributed by atoms with E-state index in [1.54, 1.807) is 49.6 Å². The molecule has 9 heteroatoms. The zero-order chi connectivity index (χ0) is 25.1. The van der Waals surface area contributed by atoms with Crippen LogP contribution in [0.25, 0.3) is 22.0 Å². The number of fused-ring (bicyclic) bond motifs is 1. The Morgan fingerprint density at radius 1 is 0.889 bits per heavy atom. The molecule has 0 saturated carbocycles. The lowest BCUT2D eigenvalue weighted by Crippen LogP contribution is -2.24. The second kappa shape index (κ2) is 9.80. The van der Waals surface area contributed by atoms with Crippen LogP contribution in [-0.4, -0.2) is 23.6 Å². The minimum Gasteiger partial charge on any atom is -0.338 e. The van der Waals surface area contributed by atoms with Gasteiger partial charge in [0, 0.05) is 41.0 Å². The van der Waals surface area contributed by atoms with Crippen LogP contribution in [-0.2, 0) is 16.6 Å². The van der Waals surface area contributed by atoms with Crippen molar-refractivity contribution in [3.8, 4) is 11.3 Å². The summed E-state index contributed by atoms with van der Waals surface area (Å²) in [6, 6.07) is 22.3. The number of sulfonamides is 1. The Balaban J connectivity index is 1.51. The van der Waals surface area contributed by atoms with Gasteiger partial charge >= 0.3 is 0 Å². The van der Waals surface area contributed by atoms with Gasteiger partial charge in [-0.25, -0.2) is 17.5 Å². The summed E-state index contributed by atoms with van der Waals surface area (Å²) in [6.45, 7) is 1.88. The SMILES string of the molecule is Cc1ccc(-c2nnc(Nc3ccc(F)cc3)c3ccccc23)cc1S(=O)(=O)NCc1cccnc1. The fourth-order valence-electron chi connectivity index (χ4n) is 3.88. The molecule has 5 rings (SSSR count). The summed E-state index contributed by atoms with van der Waals surface area (Å²) in [6.07, 6.45) is 3.26. The fourth-order valence-corrected chi connectivity index (χ4v) is 5.16. The molecular weight excluding hydrogens is 477 g/mol. The summed E-state index contributed by atoms with van der Waals surface area (Å²) in [7, 11) is -3.79. The van der Waals surface area contributed by atoms with E-state index in [1.807, 2.05) is 36.4 Å². The van der Waals surface area contributed by atoms with Gasteiger partial charge in [0.25, 0.3) is 0 Å². The zero-order valence-electron chi connectivity index (χ0n) is 19.3. The average molecular weight is 500 g/mol. The van der Waals surface area contributed by atoms with Crippen LogP contribution in [0.4, 0.5) is 15.9 Å². The molecule has 5 aromatic rings. The largest absolute Gasteiger partial charge is 0.338 e. The number of anilines is 2. The number of hydrogen-bond donors (Lipinski definition) is 2. The second-order valence-corrected chi connectivity index (χ2v) is 9.98. The molecule has 0 atom stereocenters. The molecular formula is C27H22FN5O2S. The molecule has 0 aliphatic rings. The van der Waals surface area contributed by atoms with Gasteiger partial charge in [-0.2, -0.15) is 0 Å². The monoisotopic (exact) mass is 499 g/mol. The molecule has 2 heterocycles. The van der Waals surface area contributed by atoms with Crippen LogP contribution in [0, 0.1) is 12.7 Å². The van der Waals surface area contributed by atoms with Crippen molar-refractivity contribution in [3.05, 3.63) is 108 Å². The number of nitrogens with one attached hydrogen (secondary N) is 2. The minimum atomic E-state index is -3.79. The number of aromatic nitrogens is 3. The minimum absolute atomic E-state index is 0.131. The van der Waals surface area contributed by atoms with Crippen LogP contribution in [0.5, 0.6) is 0 Å². The van der Waals surface area contributed by atoms with Crippen molar-refractivity contribution in [3.63, 3.8) is 0 Å². The molecule has 7 nitrogen and oxygen atoms in total. The van der Waals surface area contributed by atoms with Gasteiger partial charge in [-0.15, -0.1) is 10.2 Å². The molecule has 180 valence electrons. The third-order valence-corrected chi connectivity index (χ3v) is 7.28. The fraction of sp³-hybridized carbons (Fsp3) is 0.0741. The lowest BCUT2D eigenvalue weighted by atomic mass is 10.0. The lowest BCUT2D eigenvalue weighted by Gasteiger charge is -2.14. The molecule has 36 heavy (non-hydrogen) atoms. The summed E-state index contributed by atoms with van der Waals surface area (Å²) >= 11 is 0. The summed E-state index contributed by atoms with van der Waals surface area (Å²) in [5.74, 6) is 0.186. The van der Waals surface area contributed by atoms with E-state index in [1.165, 1.54) is 12.1 Å². The predicted octanol–water partition coefficient (Wildman–Crippen LogP) is 5.36. The van der Waals surface area contributed by atoms with Crippen molar-refractivity contribution in [2.24, 2.45) is 0 Å². The molecule has 0 bridgehead atoms. The number of hydrogen-bond acceptors (Lipinski definition) is 6. The van der Waals surface area contributed by atoms with E-state index >= 15 is 0 Å². The van der Waals surface area contributed by atoms with Crippen LogP contribution < -0.4 is 10.0 Å². The average Bonchev–Trinajstić information content (AvgIpc) is 2.90. The Morgan fingerprint density at radius 2 is 1.67 bits per heavy atom. The highest BCUT2D eigenvalue weighted by molar-refractivity contribution is 7.89. The summed E-state index contributed by atoms with van der Waals surface area (Å²) in [4.78, 5) is 4.19. The molecule has 0 fully saturated rings. The normalized spacial score (nSPS) is 11.5. The molecule has 0 aliphatic carbocycles. The van der Waals surface area contributed by atoms with Crippen molar-refractivity contribution in [1.82, 2.24) is 19.9 Å². The highest BCUT2D eigenvalue weighted by atomic mass is 32.2. The number of nitrogens with zero attached hydrogens (tertiary/aromatic N) is 3. The molecule has 0 radical (unpaired) electrons. The van der Waals surface area contributed by atoms with Gasteiger partial charge in [-0.1, -0.05) is 42.5 Å². The van der Waals surface area contributed by atoms with Gasteiger partial charge in [0.2, 0.25) is 10.0 Å². The Bertz CT molecular complexity index is 1640. The maximum atomic E-state index is 13.3. The third kappa shape index (κ3) is 4.93. The Hall–Kier alpha value is -4.21. The number of aryl methyl sites for hydroxylation is 1. The highest BCUT2D eigenvalue weighted by Crippen LogP contribution is 2.32. The molecule has 3 aromatic carbocycles. The summed E-state index contributed by atoms with van der Waals surface area (Å²) in [5.41, 5.74) is 3.23. The molecule has 2 aromatic heterocycles. The van der Waals surface area contributed by atoms with E-state index in [0.29, 0.717) is 28.3 Å². The smallest absolute Gasteiger partial charge is 0.241 e. The first-order valence-corrected chi connectivity index (χ1v) is 12.7. The first-order valence-electron chi connectivity index (χ1n) is 11.2. The molecule has 2 N–H and O–H groups in total. The number of halogens is 1. The maximum Gasteiger partial charge on any atom is 0.241 e. The van der Waals surface area contributed by atoms with E-state index in [4.69, 9.17) is 0 Å². The van der Waals surface area contributed by atoms with Gasteiger partial charge in [0.05, 0.1) is 4.90 Å². The second-order valence-electron chi connectivity index (χ2n) is 8.24. The van der Waals surface area contributed by atoms with E-state index < -0.39 is 10.0 Å². The van der Waals surface area contributed by atoms with E-state index in [9.17, 15) is 12.8 Å². The van der Waals surface area contributed by atoms with Gasteiger partial charge in [0.15, 0.2) is 5.82 Å².